The molecule has 0 bridgehead atoms. The van der Waals surface area contributed by atoms with E-state index in [0.717, 1.165) is 70.0 Å². The molecule has 1 N–H and O–H groups in total. The normalized spacial score (nSPS) is 14.4. The smallest absolute Gasteiger partial charge is 0.258 e. The molecule has 190 valence electrons. The van der Waals surface area contributed by atoms with Gasteiger partial charge >= 0.3 is 0 Å². The molecule has 2 aromatic heterocycles. The van der Waals surface area contributed by atoms with E-state index in [4.69, 9.17) is 0 Å². The van der Waals surface area contributed by atoms with Gasteiger partial charge in [-0.25, -0.2) is 0 Å². The molecule has 0 saturated heterocycles. The molecule has 5 nitrogen and oxygen atoms in total. The summed E-state index contributed by atoms with van der Waals surface area (Å²) >= 11 is 1.68. The number of carbonyl (C=O) groups excluding carboxylic acids is 3. The molecule has 6 rings (SSSR count). The second kappa shape index (κ2) is 9.37. The van der Waals surface area contributed by atoms with Crippen LogP contribution in [0.15, 0.2) is 60.2 Å². The molecule has 0 saturated carbocycles. The van der Waals surface area contributed by atoms with Crippen molar-refractivity contribution in [3.05, 3.63) is 110 Å². The molecule has 0 unspecified atom stereocenters. The number of nitrogens with zero attached hydrogens (tertiary/aromatic N) is 1. The van der Waals surface area contributed by atoms with E-state index in [1.165, 1.54) is 4.88 Å². The number of amides is 1. The summed E-state index contributed by atoms with van der Waals surface area (Å²) in [4.78, 5) is 41.0. The van der Waals surface area contributed by atoms with Gasteiger partial charge < -0.3 is 9.88 Å². The van der Waals surface area contributed by atoms with Crippen molar-refractivity contribution in [1.29, 1.82) is 0 Å². The second-order valence-electron chi connectivity index (χ2n) is 10.1. The fourth-order valence-electron chi connectivity index (χ4n) is 5.58. The van der Waals surface area contributed by atoms with Gasteiger partial charge in [-0.15, -0.1) is 11.3 Å². The van der Waals surface area contributed by atoms with Crippen LogP contribution < -0.4 is 5.32 Å². The first-order valence-corrected chi connectivity index (χ1v) is 13.8. The molecule has 0 aliphatic heterocycles. The lowest BCUT2D eigenvalue weighted by molar-refractivity contribution is 0.0987. The lowest BCUT2D eigenvalue weighted by atomic mass is 9.95. The van der Waals surface area contributed by atoms with Crippen molar-refractivity contribution in [3.8, 4) is 5.00 Å². The first kappa shape index (κ1) is 24.3. The molecule has 1 amide bonds. The van der Waals surface area contributed by atoms with Crippen LogP contribution in [0.4, 0.5) is 5.69 Å². The van der Waals surface area contributed by atoms with Crippen LogP contribution in [0.3, 0.4) is 0 Å². The van der Waals surface area contributed by atoms with Crippen LogP contribution >= 0.6 is 11.3 Å². The highest BCUT2D eigenvalue weighted by Crippen LogP contribution is 2.40. The van der Waals surface area contributed by atoms with Crippen LogP contribution in [0.25, 0.3) is 11.1 Å². The Morgan fingerprint density at radius 3 is 2.26 bits per heavy atom. The van der Waals surface area contributed by atoms with Gasteiger partial charge in [0.2, 0.25) is 0 Å². The third-order valence-corrected chi connectivity index (χ3v) is 8.84. The van der Waals surface area contributed by atoms with Crippen molar-refractivity contribution in [2.75, 3.05) is 5.32 Å². The largest absolute Gasteiger partial charge is 0.322 e. The quantitative estimate of drug-likeness (QED) is 0.231. The Balaban J connectivity index is 1.43. The summed E-state index contributed by atoms with van der Waals surface area (Å²) in [5.41, 5.74) is 7.54. The number of benzene rings is 2. The maximum Gasteiger partial charge on any atom is 0.258 e. The number of aryl methyl sites for hydroxylation is 3. The Kier molecular flexibility index (Phi) is 6.00. The lowest BCUT2D eigenvalue weighted by Crippen LogP contribution is -2.17. The van der Waals surface area contributed by atoms with Gasteiger partial charge in [-0.05, 0) is 81.9 Å². The summed E-state index contributed by atoms with van der Waals surface area (Å²) in [5.74, 6) is -0.576. The number of Topliss-reactive ketones (excluding diaryl/α,β-unsaturated/α-hetero) is 2. The highest BCUT2D eigenvalue weighted by molar-refractivity contribution is 7.15. The Labute approximate surface area is 225 Å². The molecule has 4 aromatic rings. The van der Waals surface area contributed by atoms with Gasteiger partial charge in [0, 0.05) is 33.1 Å². The predicted molar refractivity (Wildman–Crippen MR) is 152 cm³/mol. The van der Waals surface area contributed by atoms with E-state index in [1.807, 2.05) is 51.1 Å². The third-order valence-electron chi connectivity index (χ3n) is 7.57. The lowest BCUT2D eigenvalue weighted by Gasteiger charge is -2.14. The molecule has 2 aliphatic carbocycles. The van der Waals surface area contributed by atoms with Crippen molar-refractivity contribution in [3.63, 3.8) is 0 Å². The van der Waals surface area contributed by atoms with Crippen molar-refractivity contribution < 1.29 is 14.4 Å². The number of ketones is 2. The molecule has 0 atom stereocenters. The summed E-state index contributed by atoms with van der Waals surface area (Å²) in [6.07, 6.45) is 5.77. The second-order valence-corrected chi connectivity index (χ2v) is 11.2. The van der Waals surface area contributed by atoms with E-state index < -0.39 is 0 Å². The molecule has 2 aliphatic rings. The highest BCUT2D eigenvalue weighted by atomic mass is 32.1. The number of thiophene rings is 1. The molecule has 0 fully saturated rings. The summed E-state index contributed by atoms with van der Waals surface area (Å²) in [6, 6.07) is 16.8. The molecule has 6 heteroatoms. The first-order chi connectivity index (χ1) is 18.3. The minimum absolute atomic E-state index is 0.104. The van der Waals surface area contributed by atoms with E-state index in [2.05, 4.69) is 9.88 Å². The SMILES string of the molecule is Cc1ccc(NC(=O)c2c(-n3c(C)cc(C=C4C(=O)c5ccccc5C4=O)c3C)sc3c2CCCC3)cc1. The Morgan fingerprint density at radius 2 is 1.58 bits per heavy atom. The zero-order chi connectivity index (χ0) is 26.6. The molecular weight excluding hydrogens is 492 g/mol. The Bertz CT molecular complexity index is 1630. The number of allylic oxidation sites excluding steroid dienone is 1. The van der Waals surface area contributed by atoms with E-state index in [0.29, 0.717) is 11.1 Å². The fourth-order valence-corrected chi connectivity index (χ4v) is 7.08. The van der Waals surface area contributed by atoms with Crippen LogP contribution in [0.2, 0.25) is 0 Å². The molecule has 2 aromatic carbocycles. The molecule has 38 heavy (non-hydrogen) atoms. The maximum atomic E-state index is 13.7. The summed E-state index contributed by atoms with van der Waals surface area (Å²) in [6.45, 7) is 6.01. The minimum atomic E-state index is -0.236. The van der Waals surface area contributed by atoms with Crippen LogP contribution in [0.1, 0.15) is 76.9 Å². The summed E-state index contributed by atoms with van der Waals surface area (Å²) in [5, 5.41) is 4.01. The zero-order valence-electron chi connectivity index (χ0n) is 21.7. The van der Waals surface area contributed by atoms with Crippen LogP contribution in [-0.2, 0) is 12.8 Å². The predicted octanol–water partition coefficient (Wildman–Crippen LogP) is 7.06. The first-order valence-electron chi connectivity index (χ1n) is 13.0. The van der Waals surface area contributed by atoms with E-state index in [1.54, 1.807) is 41.7 Å². The van der Waals surface area contributed by atoms with Crippen LogP contribution in [-0.4, -0.2) is 22.0 Å². The average Bonchev–Trinajstić information content (AvgIpc) is 3.51. The molecular formula is C32H28N2O3S. The van der Waals surface area contributed by atoms with Gasteiger partial charge in [-0.3, -0.25) is 14.4 Å². The Morgan fingerprint density at radius 1 is 0.921 bits per heavy atom. The van der Waals surface area contributed by atoms with Crippen LogP contribution in [0, 0.1) is 20.8 Å². The number of rotatable bonds is 4. The zero-order valence-corrected chi connectivity index (χ0v) is 22.5. The van der Waals surface area contributed by atoms with Gasteiger partial charge in [0.25, 0.3) is 5.91 Å². The number of fused-ring (bicyclic) bond motifs is 2. The third kappa shape index (κ3) is 3.96. The van der Waals surface area contributed by atoms with Gasteiger partial charge in [-0.2, -0.15) is 0 Å². The number of anilines is 1. The van der Waals surface area contributed by atoms with Crippen molar-refractivity contribution >= 4 is 40.6 Å². The van der Waals surface area contributed by atoms with Crippen LogP contribution in [0.5, 0.6) is 0 Å². The van der Waals surface area contributed by atoms with E-state index >= 15 is 0 Å². The van der Waals surface area contributed by atoms with Crippen molar-refractivity contribution in [2.45, 2.75) is 46.5 Å². The maximum absolute atomic E-state index is 13.7. The van der Waals surface area contributed by atoms with Gasteiger partial charge in [0.05, 0.1) is 11.1 Å². The molecule has 0 spiro atoms. The average molecular weight is 521 g/mol. The van der Waals surface area contributed by atoms with Gasteiger partial charge in [0.1, 0.15) is 5.00 Å². The molecule has 0 radical (unpaired) electrons. The Hall–Kier alpha value is -4.03. The number of carbonyl (C=O) groups is 3. The highest BCUT2D eigenvalue weighted by Gasteiger charge is 2.33. The molecule has 2 heterocycles. The standard InChI is InChI=1S/C32H28N2O3S/c1-18-12-14-22(15-13-18)33-31(37)28-25-10-6-7-11-27(25)38-32(28)34-19(2)16-21(20(34)3)17-26-29(35)23-8-4-5-9-24(23)30(26)36/h4-5,8-9,12-17H,6-7,10-11H2,1-3H3,(H,33,37). The fraction of sp³-hybridized carbons (Fsp3) is 0.219. The van der Waals surface area contributed by atoms with Crippen molar-refractivity contribution in [1.82, 2.24) is 4.57 Å². The minimum Gasteiger partial charge on any atom is -0.322 e. The van der Waals surface area contributed by atoms with Gasteiger partial charge in [-0.1, -0.05) is 42.0 Å². The monoisotopic (exact) mass is 520 g/mol. The van der Waals surface area contributed by atoms with E-state index in [-0.39, 0.29) is 23.0 Å². The topological polar surface area (TPSA) is 68.2 Å². The van der Waals surface area contributed by atoms with Crippen molar-refractivity contribution in [2.24, 2.45) is 0 Å². The number of nitrogens with one attached hydrogen (secondary N) is 1. The van der Waals surface area contributed by atoms with E-state index in [9.17, 15) is 14.4 Å². The van der Waals surface area contributed by atoms with Gasteiger partial charge in [0.15, 0.2) is 11.6 Å². The summed E-state index contributed by atoms with van der Waals surface area (Å²) in [7, 11) is 0. The number of hydrogen-bond acceptors (Lipinski definition) is 4. The number of hydrogen-bond donors (Lipinski definition) is 1. The summed E-state index contributed by atoms with van der Waals surface area (Å²) < 4.78 is 2.11. The number of aromatic nitrogens is 1.